The molecule has 0 amide bonds. The molecule has 5 heteroatoms. The molecule has 0 N–H and O–H groups in total. The average molecular weight is 405 g/mol. The van der Waals surface area contributed by atoms with Crippen LogP contribution in [-0.2, 0) is 6.54 Å². The molecule has 0 unspecified atom stereocenters. The van der Waals surface area contributed by atoms with Gasteiger partial charge in [-0.3, -0.25) is 4.98 Å². The van der Waals surface area contributed by atoms with E-state index in [1.807, 2.05) is 36.5 Å². The summed E-state index contributed by atoms with van der Waals surface area (Å²) in [5, 5.41) is 0. The van der Waals surface area contributed by atoms with Gasteiger partial charge in [0.05, 0.1) is 20.3 Å². The molecule has 2 aromatic carbocycles. The van der Waals surface area contributed by atoms with Crippen LogP contribution in [-0.4, -0.2) is 25.3 Å². The quantitative estimate of drug-likeness (QED) is 0.478. The van der Waals surface area contributed by atoms with Crippen LogP contribution in [0.2, 0.25) is 0 Å². The lowest BCUT2D eigenvalue weighted by Crippen LogP contribution is -2.17. The summed E-state index contributed by atoms with van der Waals surface area (Å²) in [5.41, 5.74) is 3.19. The van der Waals surface area contributed by atoms with Crippen LogP contribution < -0.4 is 19.1 Å². The summed E-state index contributed by atoms with van der Waals surface area (Å²) in [7, 11) is 3.37. The Balaban J connectivity index is 1.71. The smallest absolute Gasteiger partial charge is 0.163 e. The maximum Gasteiger partial charge on any atom is 0.163 e. The minimum atomic E-state index is 0.262. The third-order valence-electron chi connectivity index (χ3n) is 5.48. The second-order valence-electron chi connectivity index (χ2n) is 7.51. The fourth-order valence-electron chi connectivity index (χ4n) is 3.90. The highest BCUT2D eigenvalue weighted by atomic mass is 16.5. The summed E-state index contributed by atoms with van der Waals surface area (Å²) in [6, 6.07) is 18.2. The number of aromatic nitrogens is 1. The normalized spacial score (nSPS) is 13.8. The molecule has 0 atom stereocenters. The number of pyridine rings is 1. The van der Waals surface area contributed by atoms with Crippen molar-refractivity contribution in [3.8, 4) is 17.2 Å². The molecule has 5 nitrogen and oxygen atoms in total. The second-order valence-corrected chi connectivity index (χ2v) is 7.51. The van der Waals surface area contributed by atoms with Crippen molar-refractivity contribution in [2.45, 2.75) is 38.3 Å². The van der Waals surface area contributed by atoms with E-state index in [2.05, 4.69) is 34.1 Å². The Hall–Kier alpha value is -3.21. The summed E-state index contributed by atoms with van der Waals surface area (Å²) >= 11 is 0. The molecule has 0 saturated heterocycles. The van der Waals surface area contributed by atoms with E-state index in [-0.39, 0.29) is 6.10 Å². The molecule has 0 aliphatic heterocycles. The van der Waals surface area contributed by atoms with Gasteiger partial charge in [-0.1, -0.05) is 12.1 Å². The lowest BCUT2D eigenvalue weighted by Gasteiger charge is -2.27. The van der Waals surface area contributed by atoms with Gasteiger partial charge in [-0.25, -0.2) is 0 Å². The fourth-order valence-corrected chi connectivity index (χ4v) is 3.90. The minimum absolute atomic E-state index is 0.262. The Morgan fingerprint density at radius 1 is 0.900 bits per heavy atom. The molecule has 0 spiro atoms. The Bertz CT molecular complexity index is 956. The largest absolute Gasteiger partial charge is 0.497 e. The van der Waals surface area contributed by atoms with Gasteiger partial charge < -0.3 is 19.1 Å². The van der Waals surface area contributed by atoms with Gasteiger partial charge in [0.1, 0.15) is 5.75 Å². The van der Waals surface area contributed by atoms with Gasteiger partial charge in [-0.05, 0) is 61.6 Å². The number of hydrogen-bond acceptors (Lipinski definition) is 5. The third kappa shape index (κ3) is 4.67. The van der Waals surface area contributed by atoms with Crippen LogP contribution in [0.3, 0.4) is 0 Å². The van der Waals surface area contributed by atoms with Crippen LogP contribution in [0.1, 0.15) is 31.2 Å². The third-order valence-corrected chi connectivity index (χ3v) is 5.48. The molecule has 1 aliphatic rings. The van der Waals surface area contributed by atoms with Gasteiger partial charge in [0, 0.05) is 42.4 Å². The number of hydrogen-bond donors (Lipinski definition) is 0. The maximum absolute atomic E-state index is 6.33. The first-order valence-electron chi connectivity index (χ1n) is 10.4. The highest BCUT2D eigenvalue weighted by Gasteiger charge is 2.20. The fraction of sp³-hybridized carbons (Fsp3) is 0.320. The summed E-state index contributed by atoms with van der Waals surface area (Å²) in [6.45, 7) is 0.677. The zero-order chi connectivity index (χ0) is 20.8. The summed E-state index contributed by atoms with van der Waals surface area (Å²) in [4.78, 5) is 6.51. The molecular weight excluding hydrogens is 376 g/mol. The van der Waals surface area contributed by atoms with Gasteiger partial charge in [-0.2, -0.15) is 0 Å². The van der Waals surface area contributed by atoms with Crippen LogP contribution in [0, 0.1) is 0 Å². The molecule has 0 radical (unpaired) electrons. The molecule has 1 heterocycles. The molecule has 1 aliphatic carbocycles. The number of anilines is 2. The van der Waals surface area contributed by atoms with E-state index < -0.39 is 0 Å². The van der Waals surface area contributed by atoms with Crippen LogP contribution in [0.5, 0.6) is 17.2 Å². The molecular formula is C25H28N2O3. The van der Waals surface area contributed by atoms with Gasteiger partial charge in [0.2, 0.25) is 0 Å². The zero-order valence-corrected chi connectivity index (χ0v) is 17.6. The molecule has 1 aromatic heterocycles. The van der Waals surface area contributed by atoms with Crippen molar-refractivity contribution in [1.29, 1.82) is 0 Å². The predicted molar refractivity (Wildman–Crippen MR) is 119 cm³/mol. The summed E-state index contributed by atoms with van der Waals surface area (Å²) in [5.74, 6) is 2.37. The molecule has 156 valence electrons. The van der Waals surface area contributed by atoms with E-state index >= 15 is 0 Å². The molecule has 3 aromatic rings. The number of benzene rings is 2. The average Bonchev–Trinajstić information content (AvgIpc) is 3.31. The van der Waals surface area contributed by atoms with Crippen LogP contribution >= 0.6 is 0 Å². The van der Waals surface area contributed by atoms with Crippen molar-refractivity contribution in [2.75, 3.05) is 19.1 Å². The van der Waals surface area contributed by atoms with Gasteiger partial charge in [0.25, 0.3) is 0 Å². The standard InChI is InChI=1S/C25H28N2O3/c1-28-23-11-5-8-20(15-23)27(18-19-7-6-14-26-17-19)21-12-13-24(29-2)25(16-21)30-22-9-3-4-10-22/h5-8,11-17,22H,3-4,9-10,18H2,1-2H3. The molecule has 0 bridgehead atoms. The summed E-state index contributed by atoms with van der Waals surface area (Å²) < 4.78 is 17.4. The number of nitrogens with zero attached hydrogens (tertiary/aromatic N) is 2. The Morgan fingerprint density at radius 3 is 2.47 bits per heavy atom. The first-order chi connectivity index (χ1) is 14.8. The second kappa shape index (κ2) is 9.53. The van der Waals surface area contributed by atoms with Crippen molar-refractivity contribution in [3.05, 3.63) is 72.6 Å². The van der Waals surface area contributed by atoms with Crippen molar-refractivity contribution >= 4 is 11.4 Å². The highest BCUT2D eigenvalue weighted by molar-refractivity contribution is 5.67. The lowest BCUT2D eigenvalue weighted by atomic mass is 10.1. The first-order valence-corrected chi connectivity index (χ1v) is 10.4. The van der Waals surface area contributed by atoms with E-state index in [0.29, 0.717) is 6.54 Å². The van der Waals surface area contributed by atoms with Crippen molar-refractivity contribution in [1.82, 2.24) is 4.98 Å². The minimum Gasteiger partial charge on any atom is -0.497 e. The van der Waals surface area contributed by atoms with Crippen molar-refractivity contribution in [3.63, 3.8) is 0 Å². The number of methoxy groups -OCH3 is 2. The molecule has 30 heavy (non-hydrogen) atoms. The molecule has 1 fully saturated rings. The van der Waals surface area contributed by atoms with Gasteiger partial charge in [-0.15, -0.1) is 0 Å². The molecule has 1 saturated carbocycles. The van der Waals surface area contributed by atoms with Crippen molar-refractivity contribution in [2.24, 2.45) is 0 Å². The van der Waals surface area contributed by atoms with Crippen molar-refractivity contribution < 1.29 is 14.2 Å². The lowest BCUT2D eigenvalue weighted by molar-refractivity contribution is 0.201. The highest BCUT2D eigenvalue weighted by Crippen LogP contribution is 2.38. The number of ether oxygens (including phenoxy) is 3. The van der Waals surface area contributed by atoms with E-state index in [4.69, 9.17) is 14.2 Å². The van der Waals surface area contributed by atoms with Crippen LogP contribution in [0.4, 0.5) is 11.4 Å². The van der Waals surface area contributed by atoms with E-state index in [9.17, 15) is 0 Å². The van der Waals surface area contributed by atoms with E-state index in [1.54, 1.807) is 20.4 Å². The van der Waals surface area contributed by atoms with Crippen LogP contribution in [0.25, 0.3) is 0 Å². The topological polar surface area (TPSA) is 43.8 Å². The van der Waals surface area contributed by atoms with E-state index in [0.717, 1.165) is 47.0 Å². The Morgan fingerprint density at radius 2 is 1.73 bits per heavy atom. The predicted octanol–water partition coefficient (Wildman–Crippen LogP) is 5.76. The summed E-state index contributed by atoms with van der Waals surface area (Å²) in [6.07, 6.45) is 8.60. The van der Waals surface area contributed by atoms with E-state index in [1.165, 1.54) is 12.8 Å². The SMILES string of the molecule is COc1cccc(N(Cc2cccnc2)c2ccc(OC)c(OC3CCCC3)c2)c1. The molecule has 4 rings (SSSR count). The Labute approximate surface area is 178 Å². The zero-order valence-electron chi connectivity index (χ0n) is 17.6. The number of rotatable bonds is 8. The van der Waals surface area contributed by atoms with Gasteiger partial charge in [0.15, 0.2) is 11.5 Å². The Kier molecular flexibility index (Phi) is 6.38. The maximum atomic E-state index is 6.33. The van der Waals surface area contributed by atoms with Crippen LogP contribution in [0.15, 0.2) is 67.0 Å². The monoisotopic (exact) mass is 404 g/mol. The first kappa shape index (κ1) is 20.1. The van der Waals surface area contributed by atoms with Gasteiger partial charge >= 0.3 is 0 Å².